The van der Waals surface area contributed by atoms with Crippen molar-refractivity contribution in [2.24, 2.45) is 5.92 Å². The number of aliphatic carboxylic acids is 1. The van der Waals surface area contributed by atoms with Gasteiger partial charge in [-0.15, -0.1) is 0 Å². The Morgan fingerprint density at radius 3 is 2.50 bits per heavy atom. The van der Waals surface area contributed by atoms with E-state index in [2.05, 4.69) is 0 Å². The molecule has 0 radical (unpaired) electrons. The number of halogens is 2. The summed E-state index contributed by atoms with van der Waals surface area (Å²) in [6.45, 7) is 0. The van der Waals surface area contributed by atoms with E-state index >= 15 is 0 Å². The van der Waals surface area contributed by atoms with Gasteiger partial charge in [0.25, 0.3) is 0 Å². The number of carboxylic acids is 1. The van der Waals surface area contributed by atoms with Crippen molar-refractivity contribution in [3.8, 4) is 0 Å². The summed E-state index contributed by atoms with van der Waals surface area (Å²) in [5.41, 5.74) is 0.256. The zero-order valence-corrected chi connectivity index (χ0v) is 11.1. The lowest BCUT2D eigenvalue weighted by Gasteiger charge is -2.24. The quantitative estimate of drug-likeness (QED) is 0.812. The third-order valence-corrected chi connectivity index (χ3v) is 3.99. The zero-order chi connectivity index (χ0) is 14.7. The molecule has 1 saturated heterocycles. The molecule has 1 aromatic carbocycles. The summed E-state index contributed by atoms with van der Waals surface area (Å²) in [5, 5.41) is 19.5. The van der Waals surface area contributed by atoms with Crippen molar-refractivity contribution in [1.82, 2.24) is 0 Å². The summed E-state index contributed by atoms with van der Waals surface area (Å²) in [4.78, 5) is 11.3. The first kappa shape index (κ1) is 15.0. The summed E-state index contributed by atoms with van der Waals surface area (Å²) in [5.74, 6) is -3.66. The standard InChI is InChI=1S/C14H17BF2O3/c16-9-4-8(5-10(17)7-9)6-11(14(19)20)13(18)12-2-1-3-15-12/h4-5,7,11-13,15,18H,1-3,6H2,(H,19,20)/t11-,12+,13-/m0/s1. The van der Waals surface area contributed by atoms with Crippen molar-refractivity contribution in [3.63, 3.8) is 0 Å². The molecule has 3 atom stereocenters. The fourth-order valence-corrected chi connectivity index (χ4v) is 2.96. The molecule has 0 aliphatic carbocycles. The molecule has 1 heterocycles. The molecule has 0 aromatic heterocycles. The van der Waals surface area contributed by atoms with E-state index < -0.39 is 29.6 Å². The Morgan fingerprint density at radius 2 is 2.00 bits per heavy atom. The lowest BCUT2D eigenvalue weighted by molar-refractivity contribution is -0.145. The normalized spacial score (nSPS) is 21.2. The molecular formula is C14H17BF2O3. The predicted octanol–water partition coefficient (Wildman–Crippen LogP) is 2.01. The Bertz CT molecular complexity index is 469. The van der Waals surface area contributed by atoms with Crippen LogP contribution in [-0.4, -0.2) is 29.6 Å². The molecule has 6 heteroatoms. The van der Waals surface area contributed by atoms with Crippen molar-refractivity contribution >= 4 is 13.2 Å². The highest BCUT2D eigenvalue weighted by atomic mass is 19.1. The van der Waals surface area contributed by atoms with Crippen LogP contribution < -0.4 is 0 Å². The number of hydrogen-bond acceptors (Lipinski definition) is 2. The van der Waals surface area contributed by atoms with Crippen LogP contribution in [0.5, 0.6) is 0 Å². The number of carbonyl (C=O) groups is 1. The molecule has 1 aliphatic heterocycles. The van der Waals surface area contributed by atoms with Crippen LogP contribution in [0.4, 0.5) is 8.78 Å². The minimum atomic E-state index is -1.13. The van der Waals surface area contributed by atoms with Gasteiger partial charge in [-0.3, -0.25) is 4.79 Å². The Morgan fingerprint density at radius 1 is 1.35 bits per heavy atom. The maximum atomic E-state index is 13.1. The molecule has 3 nitrogen and oxygen atoms in total. The van der Waals surface area contributed by atoms with Gasteiger partial charge < -0.3 is 10.2 Å². The fourth-order valence-electron chi connectivity index (χ4n) is 2.96. The molecule has 1 aromatic rings. The molecule has 0 amide bonds. The monoisotopic (exact) mass is 282 g/mol. The highest BCUT2D eigenvalue weighted by molar-refractivity contribution is 6.39. The first-order chi connectivity index (χ1) is 9.47. The van der Waals surface area contributed by atoms with Gasteiger partial charge in [0.15, 0.2) is 0 Å². The van der Waals surface area contributed by atoms with Gasteiger partial charge in [-0.25, -0.2) is 8.78 Å². The summed E-state index contributed by atoms with van der Waals surface area (Å²) >= 11 is 0. The Kier molecular flexibility index (Phi) is 4.75. The van der Waals surface area contributed by atoms with Crippen LogP contribution in [0.25, 0.3) is 0 Å². The molecule has 1 fully saturated rings. The van der Waals surface area contributed by atoms with Gasteiger partial charge in [0.2, 0.25) is 0 Å². The molecule has 2 rings (SSSR count). The molecule has 108 valence electrons. The van der Waals surface area contributed by atoms with Gasteiger partial charge in [0.1, 0.15) is 18.9 Å². The maximum absolute atomic E-state index is 13.1. The van der Waals surface area contributed by atoms with Crippen LogP contribution in [0, 0.1) is 17.6 Å². The third-order valence-electron chi connectivity index (χ3n) is 3.99. The molecular weight excluding hydrogens is 265 g/mol. The van der Waals surface area contributed by atoms with E-state index in [1.165, 1.54) is 0 Å². The van der Waals surface area contributed by atoms with Crippen molar-refractivity contribution in [3.05, 3.63) is 35.4 Å². The predicted molar refractivity (Wildman–Crippen MR) is 72.1 cm³/mol. The van der Waals surface area contributed by atoms with Crippen LogP contribution in [0.2, 0.25) is 12.1 Å². The number of benzene rings is 1. The van der Waals surface area contributed by atoms with Gasteiger partial charge in [-0.1, -0.05) is 19.2 Å². The molecule has 0 saturated carbocycles. The Balaban J connectivity index is 2.14. The lowest BCUT2D eigenvalue weighted by Crippen LogP contribution is -2.34. The number of rotatable bonds is 5. The minimum Gasteiger partial charge on any atom is -0.481 e. The third kappa shape index (κ3) is 3.57. The van der Waals surface area contributed by atoms with E-state index in [4.69, 9.17) is 0 Å². The van der Waals surface area contributed by atoms with Crippen LogP contribution >= 0.6 is 0 Å². The molecule has 2 N–H and O–H groups in total. The summed E-state index contributed by atoms with van der Waals surface area (Å²) < 4.78 is 26.3. The highest BCUT2D eigenvalue weighted by Gasteiger charge is 2.34. The second-order valence-electron chi connectivity index (χ2n) is 5.46. The fraction of sp³-hybridized carbons (Fsp3) is 0.500. The second-order valence-corrected chi connectivity index (χ2v) is 5.46. The average molecular weight is 282 g/mol. The number of hydrogen-bond donors (Lipinski definition) is 2. The number of aliphatic hydroxyl groups is 1. The largest absolute Gasteiger partial charge is 0.481 e. The molecule has 0 spiro atoms. The van der Waals surface area contributed by atoms with Gasteiger partial charge in [0.05, 0.1) is 12.0 Å². The molecule has 0 unspecified atom stereocenters. The first-order valence-corrected chi connectivity index (χ1v) is 6.83. The van der Waals surface area contributed by atoms with Gasteiger partial charge in [0, 0.05) is 6.07 Å². The van der Waals surface area contributed by atoms with Crippen LogP contribution in [0.3, 0.4) is 0 Å². The average Bonchev–Trinajstić information content (AvgIpc) is 2.87. The molecule has 1 aliphatic rings. The van der Waals surface area contributed by atoms with E-state index in [-0.39, 0.29) is 17.8 Å². The summed E-state index contributed by atoms with van der Waals surface area (Å²) in [7, 11) is 0.808. The smallest absolute Gasteiger partial charge is 0.309 e. The topological polar surface area (TPSA) is 57.5 Å². The van der Waals surface area contributed by atoms with Gasteiger partial charge >= 0.3 is 5.97 Å². The number of carboxylic acid groups (broad SMARTS) is 1. The first-order valence-electron chi connectivity index (χ1n) is 6.83. The maximum Gasteiger partial charge on any atom is 0.309 e. The lowest BCUT2D eigenvalue weighted by atomic mass is 9.62. The Labute approximate surface area is 116 Å². The zero-order valence-electron chi connectivity index (χ0n) is 11.1. The minimum absolute atomic E-state index is 0.0329. The van der Waals surface area contributed by atoms with E-state index in [1.807, 2.05) is 0 Å². The van der Waals surface area contributed by atoms with Gasteiger partial charge in [-0.05, 0) is 29.9 Å². The van der Waals surface area contributed by atoms with Crippen molar-refractivity contribution in [2.45, 2.75) is 37.5 Å². The van der Waals surface area contributed by atoms with E-state index in [0.29, 0.717) is 0 Å². The summed E-state index contributed by atoms with van der Waals surface area (Å²) in [6.07, 6.45) is 1.75. The molecule has 20 heavy (non-hydrogen) atoms. The van der Waals surface area contributed by atoms with Crippen LogP contribution in [0.1, 0.15) is 18.4 Å². The van der Waals surface area contributed by atoms with Gasteiger partial charge in [-0.2, -0.15) is 0 Å². The van der Waals surface area contributed by atoms with Crippen molar-refractivity contribution in [1.29, 1.82) is 0 Å². The Hall–Kier alpha value is -1.43. The van der Waals surface area contributed by atoms with Crippen molar-refractivity contribution < 1.29 is 23.8 Å². The number of aliphatic hydroxyl groups excluding tert-OH is 1. The molecule has 0 bridgehead atoms. The highest BCUT2D eigenvalue weighted by Crippen LogP contribution is 2.32. The van der Waals surface area contributed by atoms with E-state index in [9.17, 15) is 23.8 Å². The van der Waals surface area contributed by atoms with Crippen LogP contribution in [-0.2, 0) is 11.2 Å². The van der Waals surface area contributed by atoms with Crippen molar-refractivity contribution in [2.75, 3.05) is 0 Å². The SMILES string of the molecule is O=C(O)[C@@H](Cc1cc(F)cc(F)c1)[C@H](O)[C@@H]1BCCC1. The van der Waals surface area contributed by atoms with E-state index in [1.54, 1.807) is 0 Å². The van der Waals surface area contributed by atoms with Crippen LogP contribution in [0.15, 0.2) is 18.2 Å². The second kappa shape index (κ2) is 6.35. The summed E-state index contributed by atoms with van der Waals surface area (Å²) in [6, 6.07) is 2.97. The van der Waals surface area contributed by atoms with E-state index in [0.717, 1.165) is 44.6 Å².